The molecule has 0 heterocycles. The summed E-state index contributed by atoms with van der Waals surface area (Å²) in [5.74, 6) is 0.202. The minimum atomic E-state index is -0.462. The quantitative estimate of drug-likeness (QED) is 0.560. The minimum Gasteiger partial charge on any atom is -0.354 e. The van der Waals surface area contributed by atoms with E-state index in [0.717, 1.165) is 0 Å². The summed E-state index contributed by atoms with van der Waals surface area (Å²) in [6, 6.07) is -0.462. The van der Waals surface area contributed by atoms with Crippen molar-refractivity contribution >= 4 is 11.8 Å². The predicted molar refractivity (Wildman–Crippen MR) is 68.3 cm³/mol. The molecule has 100 valence electrons. The summed E-state index contributed by atoms with van der Waals surface area (Å²) >= 11 is 0. The lowest BCUT2D eigenvalue weighted by atomic mass is 10.0. The Kier molecular flexibility index (Phi) is 7.54. The fraction of sp³-hybridized carbons (Fsp3) is 0.833. The number of carbonyl (C=O) groups excluding carboxylic acids is 2. The first kappa shape index (κ1) is 15.9. The third kappa shape index (κ3) is 7.74. The fourth-order valence-electron chi connectivity index (χ4n) is 1.32. The smallest absolute Gasteiger partial charge is 0.236 e. The van der Waals surface area contributed by atoms with Crippen LogP contribution in [0.1, 0.15) is 34.1 Å². The second kappa shape index (κ2) is 8.06. The van der Waals surface area contributed by atoms with E-state index in [1.54, 1.807) is 0 Å². The highest BCUT2D eigenvalue weighted by molar-refractivity contribution is 5.81. The SMILES string of the molecule is CC(C)C[C@H](N)C(=O)NCCNC(=O)C(C)C. The first-order valence-electron chi connectivity index (χ1n) is 6.15. The molecule has 0 radical (unpaired) electrons. The Morgan fingerprint density at radius 3 is 1.88 bits per heavy atom. The van der Waals surface area contributed by atoms with Gasteiger partial charge in [-0.1, -0.05) is 27.7 Å². The number of hydrogen-bond acceptors (Lipinski definition) is 3. The molecule has 0 spiro atoms. The zero-order chi connectivity index (χ0) is 13.4. The Morgan fingerprint density at radius 1 is 1.00 bits per heavy atom. The Labute approximate surface area is 104 Å². The average Bonchev–Trinajstić information content (AvgIpc) is 2.22. The predicted octanol–water partition coefficient (Wildman–Crippen LogP) is 0.248. The molecule has 0 aliphatic carbocycles. The standard InChI is InChI=1S/C12H25N3O2/c1-8(2)7-10(13)12(17)15-6-5-14-11(16)9(3)4/h8-10H,5-7,13H2,1-4H3,(H,14,16)(H,15,17)/t10-/m0/s1. The summed E-state index contributed by atoms with van der Waals surface area (Å²) in [4.78, 5) is 22.7. The van der Waals surface area contributed by atoms with Crippen LogP contribution in [-0.2, 0) is 9.59 Å². The van der Waals surface area contributed by atoms with Crippen LogP contribution < -0.4 is 16.4 Å². The van der Waals surface area contributed by atoms with Gasteiger partial charge in [0.2, 0.25) is 11.8 Å². The Balaban J connectivity index is 3.68. The van der Waals surface area contributed by atoms with Gasteiger partial charge >= 0.3 is 0 Å². The normalized spacial score (nSPS) is 12.6. The summed E-state index contributed by atoms with van der Waals surface area (Å²) < 4.78 is 0. The van der Waals surface area contributed by atoms with Crippen molar-refractivity contribution in [2.24, 2.45) is 17.6 Å². The molecular weight excluding hydrogens is 218 g/mol. The number of nitrogens with two attached hydrogens (primary N) is 1. The molecule has 0 aliphatic rings. The van der Waals surface area contributed by atoms with E-state index in [0.29, 0.717) is 25.4 Å². The molecule has 2 amide bonds. The lowest BCUT2D eigenvalue weighted by molar-refractivity contribution is -0.125. The molecule has 0 aromatic heterocycles. The van der Waals surface area contributed by atoms with E-state index in [4.69, 9.17) is 5.73 Å². The maximum atomic E-state index is 11.5. The molecular formula is C12H25N3O2. The Bertz CT molecular complexity index is 252. The summed E-state index contributed by atoms with van der Waals surface area (Å²) in [6.45, 7) is 8.56. The molecule has 0 saturated carbocycles. The van der Waals surface area contributed by atoms with Crippen LogP contribution in [0.4, 0.5) is 0 Å². The molecule has 0 unspecified atom stereocenters. The molecule has 0 saturated heterocycles. The third-order valence-corrected chi connectivity index (χ3v) is 2.31. The highest BCUT2D eigenvalue weighted by Crippen LogP contribution is 2.02. The zero-order valence-corrected chi connectivity index (χ0v) is 11.2. The Hall–Kier alpha value is -1.10. The van der Waals surface area contributed by atoms with Crippen molar-refractivity contribution in [2.75, 3.05) is 13.1 Å². The molecule has 0 bridgehead atoms. The second-order valence-electron chi connectivity index (χ2n) is 4.97. The summed E-state index contributed by atoms with van der Waals surface area (Å²) in [6.07, 6.45) is 0.671. The van der Waals surface area contributed by atoms with Crippen molar-refractivity contribution < 1.29 is 9.59 Å². The number of nitrogens with one attached hydrogen (secondary N) is 2. The van der Waals surface area contributed by atoms with E-state index in [-0.39, 0.29) is 17.7 Å². The largest absolute Gasteiger partial charge is 0.354 e. The fourth-order valence-corrected chi connectivity index (χ4v) is 1.32. The summed E-state index contributed by atoms with van der Waals surface area (Å²) in [5, 5.41) is 5.43. The lowest BCUT2D eigenvalue weighted by Crippen LogP contribution is -2.44. The van der Waals surface area contributed by atoms with Crippen LogP contribution in [-0.4, -0.2) is 30.9 Å². The number of hydrogen-bond donors (Lipinski definition) is 3. The van der Waals surface area contributed by atoms with Gasteiger partial charge in [-0.3, -0.25) is 9.59 Å². The molecule has 4 N–H and O–H groups in total. The van der Waals surface area contributed by atoms with Gasteiger partial charge in [-0.05, 0) is 12.3 Å². The zero-order valence-electron chi connectivity index (χ0n) is 11.2. The highest BCUT2D eigenvalue weighted by Gasteiger charge is 2.14. The van der Waals surface area contributed by atoms with Crippen molar-refractivity contribution in [2.45, 2.75) is 40.2 Å². The van der Waals surface area contributed by atoms with Gasteiger partial charge in [0.1, 0.15) is 0 Å². The first-order chi connectivity index (χ1) is 7.84. The number of carbonyl (C=O) groups is 2. The van der Waals surface area contributed by atoms with Gasteiger partial charge in [0.05, 0.1) is 6.04 Å². The van der Waals surface area contributed by atoms with Crippen molar-refractivity contribution in [1.82, 2.24) is 10.6 Å². The van der Waals surface area contributed by atoms with Gasteiger partial charge in [0, 0.05) is 19.0 Å². The average molecular weight is 243 g/mol. The van der Waals surface area contributed by atoms with Crippen LogP contribution in [0.2, 0.25) is 0 Å². The number of rotatable bonds is 7. The van der Waals surface area contributed by atoms with Gasteiger partial charge in [-0.25, -0.2) is 0 Å². The van der Waals surface area contributed by atoms with Gasteiger partial charge < -0.3 is 16.4 Å². The van der Waals surface area contributed by atoms with Crippen molar-refractivity contribution in [3.8, 4) is 0 Å². The first-order valence-corrected chi connectivity index (χ1v) is 6.15. The van der Waals surface area contributed by atoms with Crippen LogP contribution in [0.3, 0.4) is 0 Å². The highest BCUT2D eigenvalue weighted by atomic mass is 16.2. The molecule has 5 nitrogen and oxygen atoms in total. The topological polar surface area (TPSA) is 84.2 Å². The maximum absolute atomic E-state index is 11.5. The van der Waals surface area contributed by atoms with Gasteiger partial charge in [-0.15, -0.1) is 0 Å². The Morgan fingerprint density at radius 2 is 1.47 bits per heavy atom. The molecule has 0 aromatic carbocycles. The molecule has 0 aromatic rings. The van der Waals surface area contributed by atoms with Gasteiger partial charge in [0.15, 0.2) is 0 Å². The second-order valence-corrected chi connectivity index (χ2v) is 4.97. The number of amides is 2. The molecule has 1 atom stereocenters. The summed E-state index contributed by atoms with van der Waals surface area (Å²) in [7, 11) is 0. The van der Waals surface area contributed by atoms with Crippen molar-refractivity contribution in [3.05, 3.63) is 0 Å². The van der Waals surface area contributed by atoms with Gasteiger partial charge in [0.25, 0.3) is 0 Å². The maximum Gasteiger partial charge on any atom is 0.236 e. The van der Waals surface area contributed by atoms with E-state index >= 15 is 0 Å². The van der Waals surface area contributed by atoms with Gasteiger partial charge in [-0.2, -0.15) is 0 Å². The summed E-state index contributed by atoms with van der Waals surface area (Å²) in [5.41, 5.74) is 5.71. The van der Waals surface area contributed by atoms with Crippen LogP contribution in [0.5, 0.6) is 0 Å². The van der Waals surface area contributed by atoms with Crippen molar-refractivity contribution in [3.63, 3.8) is 0 Å². The monoisotopic (exact) mass is 243 g/mol. The van der Waals surface area contributed by atoms with E-state index in [9.17, 15) is 9.59 Å². The van der Waals surface area contributed by atoms with E-state index in [1.165, 1.54) is 0 Å². The molecule has 0 rings (SSSR count). The van der Waals surface area contributed by atoms with Crippen molar-refractivity contribution in [1.29, 1.82) is 0 Å². The van der Waals surface area contributed by atoms with E-state index in [2.05, 4.69) is 10.6 Å². The molecule has 5 heteroatoms. The van der Waals surface area contributed by atoms with Crippen LogP contribution in [0.15, 0.2) is 0 Å². The molecule has 0 aliphatic heterocycles. The van der Waals surface area contributed by atoms with Crippen LogP contribution in [0, 0.1) is 11.8 Å². The van der Waals surface area contributed by atoms with E-state index < -0.39 is 6.04 Å². The van der Waals surface area contributed by atoms with Crippen LogP contribution >= 0.6 is 0 Å². The lowest BCUT2D eigenvalue weighted by Gasteiger charge is -2.14. The van der Waals surface area contributed by atoms with E-state index in [1.807, 2.05) is 27.7 Å². The molecule has 0 fully saturated rings. The third-order valence-electron chi connectivity index (χ3n) is 2.31. The van der Waals surface area contributed by atoms with Crippen LogP contribution in [0.25, 0.3) is 0 Å². The minimum absolute atomic E-state index is 0.00859. The molecule has 17 heavy (non-hydrogen) atoms.